The molecule has 0 N–H and O–H groups in total. The molecule has 1 atom stereocenters. The minimum atomic E-state index is -0.542. The van der Waals surface area contributed by atoms with E-state index in [0.717, 1.165) is 89.9 Å². The first-order valence-electron chi connectivity index (χ1n) is 23.8. The molecule has 0 spiro atoms. The van der Waals surface area contributed by atoms with E-state index < -0.39 is 6.10 Å². The largest absolute Gasteiger partial charge is 0.462 e. The fourth-order valence-corrected chi connectivity index (χ4v) is 6.49. The molecule has 0 heterocycles. The number of hydrogen-bond acceptors (Lipinski definition) is 5. The third-order valence-corrected chi connectivity index (χ3v) is 10.0. The zero-order chi connectivity index (χ0) is 40.7. The summed E-state index contributed by atoms with van der Waals surface area (Å²) in [5.74, 6) is -0.424. The van der Waals surface area contributed by atoms with Gasteiger partial charge in [0.05, 0.1) is 6.61 Å². The van der Waals surface area contributed by atoms with Crippen LogP contribution in [0.4, 0.5) is 0 Å². The molecule has 324 valence electrons. The zero-order valence-electron chi connectivity index (χ0n) is 37.1. The molecule has 1 unspecified atom stereocenters. The minimum absolute atomic E-state index is 0.0742. The van der Waals surface area contributed by atoms with Gasteiger partial charge in [0.1, 0.15) is 6.61 Å². The molecule has 0 aromatic carbocycles. The van der Waals surface area contributed by atoms with Crippen LogP contribution in [0.3, 0.4) is 0 Å². The Morgan fingerprint density at radius 1 is 0.411 bits per heavy atom. The Morgan fingerprint density at radius 2 is 0.804 bits per heavy atom. The fourth-order valence-electron chi connectivity index (χ4n) is 6.49. The maximum atomic E-state index is 12.7. The number of hydrogen-bond donors (Lipinski definition) is 0. The molecule has 5 heteroatoms. The summed E-state index contributed by atoms with van der Waals surface area (Å²) in [6.45, 7) is 7.65. The standard InChI is InChI=1S/C51H90O5/c1-4-7-10-13-16-18-20-22-24-25-26-27-29-30-32-34-36-38-41-44-50(52)55-48-49(47-54-46-43-40-15-12-9-6-3)56-51(53)45-42-39-37-35-33-31-28-23-21-19-17-14-11-8-5-2/h7,10,16,18,22-24,26-28,49H,4-6,8-9,11-15,17,19-21,25,29-48H2,1-3H3/b10-7-,18-16-,24-22-,27-26-,28-23-. The molecular formula is C51H90O5. The third-order valence-electron chi connectivity index (χ3n) is 10.0. The molecule has 0 fully saturated rings. The van der Waals surface area contributed by atoms with Gasteiger partial charge in [0, 0.05) is 19.4 Å². The number of ether oxygens (including phenoxy) is 3. The smallest absolute Gasteiger partial charge is 0.306 e. The Bertz CT molecular complexity index is 977. The predicted octanol–water partition coefficient (Wildman–Crippen LogP) is 15.8. The first kappa shape index (κ1) is 53.6. The number of allylic oxidation sites excluding steroid dienone is 10. The second-order valence-electron chi connectivity index (χ2n) is 15.6. The van der Waals surface area contributed by atoms with Crippen LogP contribution in [-0.2, 0) is 23.8 Å². The topological polar surface area (TPSA) is 61.8 Å². The van der Waals surface area contributed by atoms with Gasteiger partial charge >= 0.3 is 11.9 Å². The predicted molar refractivity (Wildman–Crippen MR) is 242 cm³/mol. The van der Waals surface area contributed by atoms with E-state index in [1.54, 1.807) is 0 Å². The average Bonchev–Trinajstić information content (AvgIpc) is 3.20. The van der Waals surface area contributed by atoms with Crippen molar-refractivity contribution in [2.45, 2.75) is 232 Å². The van der Waals surface area contributed by atoms with Crippen molar-refractivity contribution in [3.05, 3.63) is 60.8 Å². The van der Waals surface area contributed by atoms with Gasteiger partial charge < -0.3 is 14.2 Å². The van der Waals surface area contributed by atoms with Gasteiger partial charge in [-0.15, -0.1) is 0 Å². The quantitative estimate of drug-likeness (QED) is 0.0350. The Balaban J connectivity index is 4.13. The molecule has 0 rings (SSSR count). The van der Waals surface area contributed by atoms with E-state index >= 15 is 0 Å². The summed E-state index contributed by atoms with van der Waals surface area (Å²) in [6.07, 6.45) is 58.0. The monoisotopic (exact) mass is 783 g/mol. The van der Waals surface area contributed by atoms with Gasteiger partial charge in [0.15, 0.2) is 6.10 Å². The SMILES string of the molecule is CC/C=C\C/C=C\C/C=C\C/C=C\CCCCCCCCC(=O)OCC(COCCCCCCCC)OC(=O)CCCCCCC/C=C\CCCCCCCC. The van der Waals surface area contributed by atoms with Crippen molar-refractivity contribution in [1.29, 1.82) is 0 Å². The first-order chi connectivity index (χ1) is 27.6. The summed E-state index contributed by atoms with van der Waals surface area (Å²) in [4.78, 5) is 25.2. The van der Waals surface area contributed by atoms with Crippen LogP contribution in [0, 0.1) is 0 Å². The summed E-state index contributed by atoms with van der Waals surface area (Å²) in [7, 11) is 0. The normalized spacial score (nSPS) is 12.7. The zero-order valence-corrected chi connectivity index (χ0v) is 37.1. The lowest BCUT2D eigenvalue weighted by Crippen LogP contribution is -2.30. The van der Waals surface area contributed by atoms with Gasteiger partial charge in [-0.05, 0) is 83.5 Å². The Morgan fingerprint density at radius 3 is 1.30 bits per heavy atom. The van der Waals surface area contributed by atoms with Gasteiger partial charge in [-0.2, -0.15) is 0 Å². The van der Waals surface area contributed by atoms with Gasteiger partial charge in [0.25, 0.3) is 0 Å². The van der Waals surface area contributed by atoms with Crippen LogP contribution in [0.15, 0.2) is 60.8 Å². The number of esters is 2. The van der Waals surface area contributed by atoms with Crippen LogP contribution in [0.1, 0.15) is 226 Å². The van der Waals surface area contributed by atoms with Crippen molar-refractivity contribution in [3.63, 3.8) is 0 Å². The lowest BCUT2D eigenvalue weighted by atomic mass is 10.1. The molecule has 0 aliphatic rings. The second-order valence-corrected chi connectivity index (χ2v) is 15.6. The maximum absolute atomic E-state index is 12.7. The molecule has 56 heavy (non-hydrogen) atoms. The highest BCUT2D eigenvalue weighted by Gasteiger charge is 2.17. The summed E-state index contributed by atoms with van der Waals surface area (Å²) in [5.41, 5.74) is 0. The van der Waals surface area contributed by atoms with Crippen LogP contribution in [0.2, 0.25) is 0 Å². The molecular weight excluding hydrogens is 693 g/mol. The highest BCUT2D eigenvalue weighted by Crippen LogP contribution is 2.13. The van der Waals surface area contributed by atoms with E-state index in [4.69, 9.17) is 14.2 Å². The number of carbonyl (C=O) groups is 2. The first-order valence-corrected chi connectivity index (χ1v) is 23.8. The lowest BCUT2D eigenvalue weighted by Gasteiger charge is -2.18. The molecule has 0 amide bonds. The summed E-state index contributed by atoms with van der Waals surface area (Å²) in [6, 6.07) is 0. The third kappa shape index (κ3) is 44.3. The van der Waals surface area contributed by atoms with E-state index in [1.807, 2.05) is 0 Å². The van der Waals surface area contributed by atoms with Crippen molar-refractivity contribution in [2.75, 3.05) is 19.8 Å². The molecule has 0 radical (unpaired) electrons. The van der Waals surface area contributed by atoms with Crippen LogP contribution in [-0.4, -0.2) is 37.9 Å². The summed E-state index contributed by atoms with van der Waals surface area (Å²) in [5, 5.41) is 0. The van der Waals surface area contributed by atoms with E-state index in [0.29, 0.717) is 19.4 Å². The Labute approximate surface area is 347 Å². The Hall–Kier alpha value is -2.40. The number of unbranched alkanes of at least 4 members (excludes halogenated alkanes) is 22. The van der Waals surface area contributed by atoms with Crippen molar-refractivity contribution < 1.29 is 23.8 Å². The molecule has 5 nitrogen and oxygen atoms in total. The molecule has 0 saturated heterocycles. The molecule has 0 aromatic heterocycles. The summed E-state index contributed by atoms with van der Waals surface area (Å²) < 4.78 is 17.2. The van der Waals surface area contributed by atoms with E-state index in [2.05, 4.69) is 81.5 Å². The van der Waals surface area contributed by atoms with E-state index in [9.17, 15) is 9.59 Å². The fraction of sp³-hybridized carbons (Fsp3) is 0.765. The average molecular weight is 783 g/mol. The highest BCUT2D eigenvalue weighted by atomic mass is 16.6. The van der Waals surface area contributed by atoms with E-state index in [-0.39, 0.29) is 25.2 Å². The van der Waals surface area contributed by atoms with Gasteiger partial charge in [-0.25, -0.2) is 0 Å². The minimum Gasteiger partial charge on any atom is -0.462 e. The van der Waals surface area contributed by atoms with E-state index in [1.165, 1.54) is 103 Å². The molecule has 0 aliphatic heterocycles. The second kappa shape index (κ2) is 47.0. The van der Waals surface area contributed by atoms with Crippen LogP contribution < -0.4 is 0 Å². The lowest BCUT2D eigenvalue weighted by molar-refractivity contribution is -0.163. The summed E-state index contributed by atoms with van der Waals surface area (Å²) >= 11 is 0. The van der Waals surface area contributed by atoms with Crippen LogP contribution in [0.25, 0.3) is 0 Å². The van der Waals surface area contributed by atoms with Crippen molar-refractivity contribution in [3.8, 4) is 0 Å². The van der Waals surface area contributed by atoms with Crippen LogP contribution >= 0.6 is 0 Å². The van der Waals surface area contributed by atoms with Crippen molar-refractivity contribution >= 4 is 11.9 Å². The van der Waals surface area contributed by atoms with Gasteiger partial charge in [-0.1, -0.05) is 191 Å². The maximum Gasteiger partial charge on any atom is 0.306 e. The molecule has 0 aromatic rings. The molecule has 0 bridgehead atoms. The number of rotatable bonds is 43. The van der Waals surface area contributed by atoms with Crippen molar-refractivity contribution in [1.82, 2.24) is 0 Å². The number of carbonyl (C=O) groups excluding carboxylic acids is 2. The molecule has 0 saturated carbocycles. The van der Waals surface area contributed by atoms with Gasteiger partial charge in [0.2, 0.25) is 0 Å². The highest BCUT2D eigenvalue weighted by molar-refractivity contribution is 5.70. The van der Waals surface area contributed by atoms with Gasteiger partial charge in [-0.3, -0.25) is 9.59 Å². The van der Waals surface area contributed by atoms with Crippen molar-refractivity contribution in [2.24, 2.45) is 0 Å². The molecule has 0 aliphatic carbocycles. The van der Waals surface area contributed by atoms with Crippen LogP contribution in [0.5, 0.6) is 0 Å². The Kier molecular flexibility index (Phi) is 45.0.